The SMILES string of the molecule is [CH]C(C)(C)OC=O. The Kier molecular flexibility index (Phi) is 1.81. The standard InChI is InChI=1S/C5H8O2/c1-5(2,3)7-4-6/h1,4H,2-3H3. The Balaban J connectivity index is 3.34. The molecule has 2 heteroatoms. The lowest BCUT2D eigenvalue weighted by atomic mass is 10.2. The van der Waals surface area contributed by atoms with Crippen LogP contribution in [0.4, 0.5) is 0 Å². The molecule has 0 aromatic carbocycles. The van der Waals surface area contributed by atoms with Crippen molar-refractivity contribution in [3.05, 3.63) is 6.92 Å². The van der Waals surface area contributed by atoms with Crippen LogP contribution < -0.4 is 0 Å². The van der Waals surface area contributed by atoms with Gasteiger partial charge in [0.15, 0.2) is 0 Å². The van der Waals surface area contributed by atoms with Gasteiger partial charge in [-0.05, 0) is 13.8 Å². The van der Waals surface area contributed by atoms with Crippen molar-refractivity contribution in [2.75, 3.05) is 0 Å². The second kappa shape index (κ2) is 1.96. The van der Waals surface area contributed by atoms with E-state index in [4.69, 9.17) is 6.92 Å². The van der Waals surface area contributed by atoms with Gasteiger partial charge < -0.3 is 4.74 Å². The van der Waals surface area contributed by atoms with Gasteiger partial charge in [0.1, 0.15) is 5.60 Å². The maximum absolute atomic E-state index is 9.52. The van der Waals surface area contributed by atoms with E-state index in [2.05, 4.69) is 4.74 Å². The molecule has 40 valence electrons. The van der Waals surface area contributed by atoms with Gasteiger partial charge in [-0.3, -0.25) is 4.79 Å². The molecule has 0 aromatic rings. The Hall–Kier alpha value is -0.530. The third kappa shape index (κ3) is 5.47. The fraction of sp³-hybridized carbons (Fsp3) is 0.600. The van der Waals surface area contributed by atoms with Crippen LogP contribution >= 0.6 is 0 Å². The van der Waals surface area contributed by atoms with E-state index in [1.165, 1.54) is 0 Å². The first-order chi connectivity index (χ1) is 3.06. The first kappa shape index (κ1) is 6.47. The molecular formula is C5H8O2. The van der Waals surface area contributed by atoms with E-state index in [0.717, 1.165) is 0 Å². The monoisotopic (exact) mass is 100 g/mol. The number of hydrogen-bond acceptors (Lipinski definition) is 2. The van der Waals surface area contributed by atoms with E-state index in [1.807, 2.05) is 0 Å². The van der Waals surface area contributed by atoms with Gasteiger partial charge in [0.05, 0.1) is 0 Å². The highest BCUT2D eigenvalue weighted by molar-refractivity contribution is 5.38. The first-order valence-electron chi connectivity index (χ1n) is 1.96. The molecule has 2 nitrogen and oxygen atoms in total. The molecular weight excluding hydrogens is 92.1 g/mol. The number of carbonyl (C=O) groups is 1. The highest BCUT2D eigenvalue weighted by Crippen LogP contribution is 2.01. The van der Waals surface area contributed by atoms with Gasteiger partial charge in [0.25, 0.3) is 6.47 Å². The molecule has 0 aliphatic rings. The zero-order valence-corrected chi connectivity index (χ0v) is 4.47. The zero-order valence-electron chi connectivity index (χ0n) is 4.47. The molecule has 0 fully saturated rings. The summed E-state index contributed by atoms with van der Waals surface area (Å²) < 4.78 is 4.33. The van der Waals surface area contributed by atoms with Crippen LogP contribution in [0, 0.1) is 6.92 Å². The molecule has 0 heterocycles. The molecule has 0 rings (SSSR count). The molecule has 0 aromatic heterocycles. The minimum absolute atomic E-state index is 0.333. The van der Waals surface area contributed by atoms with Crippen LogP contribution in [0.2, 0.25) is 0 Å². The molecule has 0 aliphatic heterocycles. The Morgan fingerprint density at radius 1 is 1.71 bits per heavy atom. The molecule has 0 bridgehead atoms. The summed E-state index contributed by atoms with van der Waals surface area (Å²) in [5.74, 6) is 0. The van der Waals surface area contributed by atoms with E-state index < -0.39 is 5.60 Å². The molecule has 0 amide bonds. The van der Waals surface area contributed by atoms with Crippen LogP contribution in [0.5, 0.6) is 0 Å². The Morgan fingerprint density at radius 3 is 2.14 bits per heavy atom. The maximum Gasteiger partial charge on any atom is 0.293 e. The van der Waals surface area contributed by atoms with Crippen molar-refractivity contribution < 1.29 is 9.53 Å². The summed E-state index contributed by atoms with van der Waals surface area (Å²) >= 11 is 0. The fourth-order valence-corrected chi connectivity index (χ4v) is 0.124. The summed E-state index contributed by atoms with van der Waals surface area (Å²) in [6, 6.07) is 0. The lowest BCUT2D eigenvalue weighted by molar-refractivity contribution is -0.136. The normalized spacial score (nSPS) is 10.7. The number of hydrogen-bond donors (Lipinski definition) is 0. The Morgan fingerprint density at radius 2 is 2.14 bits per heavy atom. The van der Waals surface area contributed by atoms with Crippen molar-refractivity contribution in [3.8, 4) is 0 Å². The van der Waals surface area contributed by atoms with Crippen molar-refractivity contribution in [1.29, 1.82) is 0 Å². The van der Waals surface area contributed by atoms with Crippen LogP contribution in [-0.4, -0.2) is 12.1 Å². The molecule has 0 saturated heterocycles. The minimum atomic E-state index is -0.818. The summed E-state index contributed by atoms with van der Waals surface area (Å²) in [6.07, 6.45) is 0. The van der Waals surface area contributed by atoms with Crippen molar-refractivity contribution in [2.24, 2.45) is 0 Å². The molecule has 2 radical (unpaired) electrons. The molecule has 0 atom stereocenters. The summed E-state index contributed by atoms with van der Waals surface area (Å²) in [7, 11) is 0. The molecule has 0 unspecified atom stereocenters. The average molecular weight is 100 g/mol. The quantitative estimate of drug-likeness (QED) is 0.476. The Bertz CT molecular complexity index is 61.0. The van der Waals surface area contributed by atoms with Crippen LogP contribution in [-0.2, 0) is 9.53 Å². The maximum atomic E-state index is 9.52. The third-order valence-corrected chi connectivity index (χ3v) is 0.352. The second-order valence-corrected chi connectivity index (χ2v) is 1.82. The number of carbonyl (C=O) groups excluding carboxylic acids is 1. The summed E-state index contributed by atoms with van der Waals surface area (Å²) in [6.45, 7) is 8.72. The lowest BCUT2D eigenvalue weighted by Gasteiger charge is -2.13. The molecule has 0 spiro atoms. The topological polar surface area (TPSA) is 26.3 Å². The minimum Gasteiger partial charge on any atom is -0.462 e. The lowest BCUT2D eigenvalue weighted by Crippen LogP contribution is -2.17. The fourth-order valence-electron chi connectivity index (χ4n) is 0.124. The van der Waals surface area contributed by atoms with E-state index >= 15 is 0 Å². The van der Waals surface area contributed by atoms with Crippen LogP contribution in [0.1, 0.15) is 13.8 Å². The van der Waals surface area contributed by atoms with Gasteiger partial charge in [-0.2, -0.15) is 0 Å². The van der Waals surface area contributed by atoms with E-state index in [-0.39, 0.29) is 0 Å². The smallest absolute Gasteiger partial charge is 0.293 e. The van der Waals surface area contributed by atoms with Crippen molar-refractivity contribution in [3.63, 3.8) is 0 Å². The van der Waals surface area contributed by atoms with E-state index in [9.17, 15) is 4.79 Å². The summed E-state index contributed by atoms with van der Waals surface area (Å²) in [5.41, 5.74) is -0.818. The summed E-state index contributed by atoms with van der Waals surface area (Å²) in [5, 5.41) is 0. The number of ether oxygens (including phenoxy) is 1. The van der Waals surface area contributed by atoms with Crippen molar-refractivity contribution >= 4 is 6.47 Å². The Labute approximate surface area is 43.5 Å². The van der Waals surface area contributed by atoms with E-state index in [0.29, 0.717) is 6.47 Å². The zero-order chi connectivity index (χ0) is 5.91. The highest BCUT2D eigenvalue weighted by Gasteiger charge is 2.08. The van der Waals surface area contributed by atoms with Gasteiger partial charge >= 0.3 is 0 Å². The molecule has 7 heavy (non-hydrogen) atoms. The molecule has 0 aliphatic carbocycles. The van der Waals surface area contributed by atoms with Gasteiger partial charge in [0.2, 0.25) is 0 Å². The molecule has 0 saturated carbocycles. The van der Waals surface area contributed by atoms with E-state index in [1.54, 1.807) is 13.8 Å². The van der Waals surface area contributed by atoms with Gasteiger partial charge in [0, 0.05) is 6.92 Å². The summed E-state index contributed by atoms with van der Waals surface area (Å²) in [4.78, 5) is 9.52. The van der Waals surface area contributed by atoms with Crippen LogP contribution in [0.3, 0.4) is 0 Å². The predicted molar refractivity (Wildman–Crippen MR) is 25.5 cm³/mol. The first-order valence-corrected chi connectivity index (χ1v) is 1.96. The largest absolute Gasteiger partial charge is 0.462 e. The van der Waals surface area contributed by atoms with Gasteiger partial charge in [-0.1, -0.05) is 0 Å². The van der Waals surface area contributed by atoms with Gasteiger partial charge in [-0.25, -0.2) is 0 Å². The predicted octanol–water partition coefficient (Wildman–Crippen LogP) is 0.649. The van der Waals surface area contributed by atoms with Crippen molar-refractivity contribution in [2.45, 2.75) is 19.4 Å². The average Bonchev–Trinajstić information content (AvgIpc) is 1.30. The van der Waals surface area contributed by atoms with Crippen molar-refractivity contribution in [1.82, 2.24) is 0 Å². The molecule has 0 N–H and O–H groups in total. The van der Waals surface area contributed by atoms with Gasteiger partial charge in [-0.15, -0.1) is 0 Å². The van der Waals surface area contributed by atoms with Crippen LogP contribution in [0.25, 0.3) is 0 Å². The number of rotatable bonds is 2. The third-order valence-electron chi connectivity index (χ3n) is 0.352. The second-order valence-electron chi connectivity index (χ2n) is 1.82. The highest BCUT2D eigenvalue weighted by atomic mass is 16.5. The van der Waals surface area contributed by atoms with Crippen LogP contribution in [0.15, 0.2) is 0 Å².